The van der Waals surface area contributed by atoms with Crippen LogP contribution in [0, 0.1) is 12.7 Å². The van der Waals surface area contributed by atoms with Gasteiger partial charge in [-0.05, 0) is 36.8 Å². The molecule has 0 amide bonds. The topological polar surface area (TPSA) is 34.1 Å². The quantitative estimate of drug-likeness (QED) is 0.925. The van der Waals surface area contributed by atoms with E-state index in [1.54, 1.807) is 31.3 Å². The number of halogens is 2. The van der Waals surface area contributed by atoms with E-state index in [1.165, 1.54) is 6.07 Å². The van der Waals surface area contributed by atoms with Gasteiger partial charge >= 0.3 is 0 Å². The van der Waals surface area contributed by atoms with Crippen LogP contribution in [0.25, 0.3) is 0 Å². The van der Waals surface area contributed by atoms with Crippen LogP contribution in [0.2, 0.25) is 5.02 Å². The molecule has 1 aromatic carbocycles. The van der Waals surface area contributed by atoms with E-state index < -0.39 is 5.82 Å². The van der Waals surface area contributed by atoms with Crippen molar-refractivity contribution >= 4 is 17.4 Å². The average Bonchev–Trinajstić information content (AvgIpc) is 2.41. The Balaban J connectivity index is 2.16. The van der Waals surface area contributed by atoms with Gasteiger partial charge in [-0.2, -0.15) is 0 Å². The second-order valence-corrected chi connectivity index (χ2v) is 4.50. The molecule has 0 bridgehead atoms. The Kier molecular flexibility index (Phi) is 4.22. The second-order valence-electron chi connectivity index (χ2n) is 4.10. The van der Waals surface area contributed by atoms with Crippen molar-refractivity contribution in [2.75, 3.05) is 12.4 Å². The second kappa shape index (κ2) is 5.89. The van der Waals surface area contributed by atoms with Crippen molar-refractivity contribution in [2.45, 2.75) is 13.5 Å². The number of ether oxygens (including phenoxy) is 1. The lowest BCUT2D eigenvalue weighted by atomic mass is 10.2. The Bertz CT molecular complexity index is 590. The van der Waals surface area contributed by atoms with Gasteiger partial charge in [-0.3, -0.25) is 0 Å². The molecule has 1 heterocycles. The van der Waals surface area contributed by atoms with Crippen molar-refractivity contribution in [3.8, 4) is 5.75 Å². The minimum Gasteiger partial charge on any atom is -0.484 e. The summed E-state index contributed by atoms with van der Waals surface area (Å²) < 4.78 is 19.0. The molecule has 0 unspecified atom stereocenters. The highest BCUT2D eigenvalue weighted by Gasteiger charge is 2.08. The zero-order valence-electron chi connectivity index (χ0n) is 10.7. The maximum atomic E-state index is 13.5. The average molecular weight is 281 g/mol. The number of aryl methyl sites for hydroxylation is 1. The van der Waals surface area contributed by atoms with Gasteiger partial charge in [-0.25, -0.2) is 9.37 Å². The first-order chi connectivity index (χ1) is 9.10. The van der Waals surface area contributed by atoms with Crippen molar-refractivity contribution in [3.05, 3.63) is 52.4 Å². The summed E-state index contributed by atoms with van der Waals surface area (Å²) >= 11 is 6.03. The van der Waals surface area contributed by atoms with E-state index in [1.807, 2.05) is 6.92 Å². The first-order valence-electron chi connectivity index (χ1n) is 5.82. The Hall–Kier alpha value is -1.81. The smallest absolute Gasteiger partial charge is 0.165 e. The summed E-state index contributed by atoms with van der Waals surface area (Å²) in [4.78, 5) is 4.27. The van der Waals surface area contributed by atoms with Gasteiger partial charge in [0.15, 0.2) is 11.6 Å². The first-order valence-corrected chi connectivity index (χ1v) is 6.20. The Morgan fingerprint density at radius 1 is 1.32 bits per heavy atom. The first kappa shape index (κ1) is 13.6. The van der Waals surface area contributed by atoms with E-state index in [-0.39, 0.29) is 12.4 Å². The zero-order chi connectivity index (χ0) is 13.8. The maximum absolute atomic E-state index is 13.5. The highest BCUT2D eigenvalue weighted by atomic mass is 35.5. The van der Waals surface area contributed by atoms with Crippen LogP contribution in [0.5, 0.6) is 5.75 Å². The van der Waals surface area contributed by atoms with Gasteiger partial charge in [0.25, 0.3) is 0 Å². The number of benzene rings is 1. The molecule has 2 aromatic rings. The number of anilines is 1. The molecule has 0 atom stereocenters. The number of hydrogen-bond donors (Lipinski definition) is 1. The summed E-state index contributed by atoms with van der Waals surface area (Å²) in [7, 11) is 1.76. The molecule has 1 aromatic heterocycles. The lowest BCUT2D eigenvalue weighted by Crippen LogP contribution is -2.03. The van der Waals surface area contributed by atoms with Gasteiger partial charge in [0.2, 0.25) is 0 Å². The van der Waals surface area contributed by atoms with Crippen molar-refractivity contribution < 1.29 is 9.13 Å². The zero-order valence-corrected chi connectivity index (χ0v) is 11.5. The van der Waals surface area contributed by atoms with Crippen LogP contribution in [-0.4, -0.2) is 12.0 Å². The summed E-state index contributed by atoms with van der Waals surface area (Å²) in [6.45, 7) is 1.99. The van der Waals surface area contributed by atoms with Gasteiger partial charge in [-0.1, -0.05) is 17.7 Å². The van der Waals surface area contributed by atoms with E-state index in [2.05, 4.69) is 10.3 Å². The summed E-state index contributed by atoms with van der Waals surface area (Å²) in [5, 5.41) is 3.41. The van der Waals surface area contributed by atoms with Crippen molar-refractivity contribution in [1.82, 2.24) is 4.98 Å². The Labute approximate surface area is 116 Å². The molecule has 3 nitrogen and oxygen atoms in total. The minimum atomic E-state index is -0.397. The van der Waals surface area contributed by atoms with Crippen LogP contribution in [0.1, 0.15) is 11.3 Å². The van der Waals surface area contributed by atoms with E-state index in [9.17, 15) is 4.39 Å². The van der Waals surface area contributed by atoms with Crippen molar-refractivity contribution in [3.63, 3.8) is 0 Å². The number of nitrogens with zero attached hydrogens (tertiary/aromatic N) is 1. The number of aromatic nitrogens is 1. The molecule has 2 rings (SSSR count). The summed E-state index contributed by atoms with van der Waals surface area (Å²) in [5.74, 6) is 0.493. The molecular formula is C14H14ClFN2O. The standard InChI is InChI=1S/C14H14ClFN2O/c1-9-3-5-11(16)13(7-9)19-8-12-10(15)4-6-14(17-2)18-12/h3-7H,8H2,1-2H3,(H,17,18). The van der Waals surface area contributed by atoms with Gasteiger partial charge in [0.1, 0.15) is 12.4 Å². The van der Waals surface area contributed by atoms with E-state index in [0.29, 0.717) is 16.5 Å². The van der Waals surface area contributed by atoms with Crippen molar-refractivity contribution in [1.29, 1.82) is 0 Å². The molecule has 19 heavy (non-hydrogen) atoms. The van der Waals surface area contributed by atoms with Crippen molar-refractivity contribution in [2.24, 2.45) is 0 Å². The Morgan fingerprint density at radius 2 is 2.11 bits per heavy atom. The van der Waals surface area contributed by atoms with Gasteiger partial charge in [0, 0.05) is 7.05 Å². The highest BCUT2D eigenvalue weighted by Crippen LogP contribution is 2.22. The number of rotatable bonds is 4. The Morgan fingerprint density at radius 3 is 2.84 bits per heavy atom. The summed E-state index contributed by atoms with van der Waals surface area (Å²) in [5.41, 5.74) is 1.49. The molecule has 1 N–H and O–H groups in total. The van der Waals surface area contributed by atoms with Gasteiger partial charge in [-0.15, -0.1) is 0 Å². The lowest BCUT2D eigenvalue weighted by Gasteiger charge is -2.10. The maximum Gasteiger partial charge on any atom is 0.165 e. The van der Waals surface area contributed by atoms with Gasteiger partial charge in [0.05, 0.1) is 10.7 Å². The molecule has 0 spiro atoms. The molecule has 5 heteroatoms. The fourth-order valence-electron chi connectivity index (χ4n) is 1.59. The number of pyridine rings is 1. The van der Waals surface area contributed by atoms with Crippen LogP contribution in [0.15, 0.2) is 30.3 Å². The van der Waals surface area contributed by atoms with E-state index in [4.69, 9.17) is 16.3 Å². The third kappa shape index (κ3) is 3.35. The molecular weight excluding hydrogens is 267 g/mol. The largest absolute Gasteiger partial charge is 0.484 e. The van der Waals surface area contributed by atoms with E-state index in [0.717, 1.165) is 5.56 Å². The van der Waals surface area contributed by atoms with Crippen LogP contribution in [0.4, 0.5) is 10.2 Å². The molecule has 0 aliphatic heterocycles. The lowest BCUT2D eigenvalue weighted by molar-refractivity contribution is 0.286. The normalized spacial score (nSPS) is 10.3. The van der Waals surface area contributed by atoms with E-state index >= 15 is 0 Å². The number of nitrogens with one attached hydrogen (secondary N) is 1. The molecule has 0 fully saturated rings. The molecule has 0 radical (unpaired) electrons. The molecule has 0 saturated carbocycles. The SMILES string of the molecule is CNc1ccc(Cl)c(COc2cc(C)ccc2F)n1. The molecule has 100 valence electrons. The monoisotopic (exact) mass is 280 g/mol. The molecule has 0 saturated heterocycles. The fraction of sp³-hybridized carbons (Fsp3) is 0.214. The third-order valence-electron chi connectivity index (χ3n) is 2.63. The molecule has 0 aliphatic rings. The van der Waals surface area contributed by atoms with Crippen LogP contribution >= 0.6 is 11.6 Å². The van der Waals surface area contributed by atoms with Gasteiger partial charge < -0.3 is 10.1 Å². The third-order valence-corrected chi connectivity index (χ3v) is 2.97. The fourth-order valence-corrected chi connectivity index (χ4v) is 1.75. The predicted molar refractivity (Wildman–Crippen MR) is 74.3 cm³/mol. The summed E-state index contributed by atoms with van der Waals surface area (Å²) in [6.07, 6.45) is 0. The van der Waals surface area contributed by atoms with Crippen LogP contribution < -0.4 is 10.1 Å². The van der Waals surface area contributed by atoms with Crippen LogP contribution in [0.3, 0.4) is 0 Å². The predicted octanol–water partition coefficient (Wildman–Crippen LogP) is 3.80. The number of hydrogen-bond acceptors (Lipinski definition) is 3. The molecule has 0 aliphatic carbocycles. The van der Waals surface area contributed by atoms with Crippen LogP contribution in [-0.2, 0) is 6.61 Å². The minimum absolute atomic E-state index is 0.120. The summed E-state index contributed by atoms with van der Waals surface area (Å²) in [6, 6.07) is 8.20. The highest BCUT2D eigenvalue weighted by molar-refractivity contribution is 6.31.